The average Bonchev–Trinajstić information content (AvgIpc) is 2.38. The number of aryl methyl sites for hydroxylation is 1. The van der Waals surface area contributed by atoms with Crippen LogP contribution in [0.4, 0.5) is 0 Å². The van der Waals surface area contributed by atoms with Crippen molar-refractivity contribution in [1.82, 2.24) is 0 Å². The number of benzene rings is 1. The molecule has 1 aliphatic carbocycles. The van der Waals surface area contributed by atoms with Crippen LogP contribution < -0.4 is 4.74 Å². The molecule has 1 saturated carbocycles. The normalized spacial score (nSPS) is 15.9. The van der Waals surface area contributed by atoms with Crippen LogP contribution in [0.3, 0.4) is 0 Å². The smallest absolute Gasteiger partial charge is 0.335 e. The van der Waals surface area contributed by atoms with E-state index >= 15 is 0 Å². The number of esters is 1. The maximum Gasteiger partial charge on any atom is 0.335 e. The summed E-state index contributed by atoms with van der Waals surface area (Å²) in [5.41, 5.74) is 1.78. The van der Waals surface area contributed by atoms with Crippen LogP contribution in [-0.2, 0) is 4.79 Å². The summed E-state index contributed by atoms with van der Waals surface area (Å²) in [6.07, 6.45) is 5.55. The van der Waals surface area contributed by atoms with Crippen LogP contribution in [-0.4, -0.2) is 17.0 Å². The van der Waals surface area contributed by atoms with E-state index in [-0.39, 0.29) is 11.9 Å². The van der Waals surface area contributed by atoms with Gasteiger partial charge in [-0.2, -0.15) is 0 Å². The highest BCUT2D eigenvalue weighted by molar-refractivity contribution is 5.90. The topological polar surface area (TPSA) is 63.6 Å². The molecule has 0 unspecified atom stereocenters. The van der Waals surface area contributed by atoms with Gasteiger partial charge in [0.05, 0.1) is 5.56 Å². The van der Waals surface area contributed by atoms with Crippen LogP contribution in [0.25, 0.3) is 0 Å². The number of carboxylic acids is 1. The number of carbonyl (C=O) groups is 2. The van der Waals surface area contributed by atoms with Crippen LogP contribution in [0, 0.1) is 6.92 Å². The van der Waals surface area contributed by atoms with E-state index in [0.29, 0.717) is 16.9 Å². The van der Waals surface area contributed by atoms with Gasteiger partial charge in [0, 0.05) is 6.92 Å². The summed E-state index contributed by atoms with van der Waals surface area (Å²) in [5.74, 6) is -0.498. The quantitative estimate of drug-likeness (QED) is 0.676. The van der Waals surface area contributed by atoms with E-state index in [2.05, 4.69) is 0 Å². The van der Waals surface area contributed by atoms with Crippen molar-refractivity contribution in [3.63, 3.8) is 0 Å². The highest BCUT2D eigenvalue weighted by Crippen LogP contribution is 2.39. The zero-order chi connectivity index (χ0) is 14.7. The van der Waals surface area contributed by atoms with E-state index in [1.165, 1.54) is 13.3 Å². The Hall–Kier alpha value is -1.84. The molecule has 0 spiro atoms. The fourth-order valence-corrected chi connectivity index (χ4v) is 2.90. The zero-order valence-electron chi connectivity index (χ0n) is 11.9. The van der Waals surface area contributed by atoms with Crippen molar-refractivity contribution in [2.24, 2.45) is 0 Å². The third-order valence-corrected chi connectivity index (χ3v) is 3.89. The lowest BCUT2D eigenvalue weighted by Gasteiger charge is -2.24. The van der Waals surface area contributed by atoms with Gasteiger partial charge in [0.15, 0.2) is 0 Å². The molecule has 1 aliphatic rings. The van der Waals surface area contributed by atoms with Gasteiger partial charge in [0.25, 0.3) is 0 Å². The molecule has 0 radical (unpaired) electrons. The lowest BCUT2D eigenvalue weighted by Crippen LogP contribution is -2.12. The molecular weight excluding hydrogens is 256 g/mol. The second-order valence-electron chi connectivity index (χ2n) is 5.44. The average molecular weight is 276 g/mol. The summed E-state index contributed by atoms with van der Waals surface area (Å²) in [6, 6.07) is 3.36. The highest BCUT2D eigenvalue weighted by atomic mass is 16.5. The minimum atomic E-state index is -0.936. The van der Waals surface area contributed by atoms with Crippen LogP contribution >= 0.6 is 0 Å². The zero-order valence-corrected chi connectivity index (χ0v) is 11.9. The Morgan fingerprint density at radius 3 is 2.40 bits per heavy atom. The first-order valence-electron chi connectivity index (χ1n) is 7.05. The number of carboxylic acid groups (broad SMARTS) is 1. The fraction of sp³-hybridized carbons (Fsp3) is 0.500. The van der Waals surface area contributed by atoms with Gasteiger partial charge in [0.2, 0.25) is 0 Å². The van der Waals surface area contributed by atoms with Gasteiger partial charge in [-0.25, -0.2) is 4.79 Å². The molecule has 1 N–H and O–H groups in total. The van der Waals surface area contributed by atoms with Gasteiger partial charge in [-0.05, 0) is 48.9 Å². The molecule has 20 heavy (non-hydrogen) atoms. The molecule has 0 atom stereocenters. The second kappa shape index (κ2) is 6.07. The van der Waals surface area contributed by atoms with Gasteiger partial charge in [-0.15, -0.1) is 0 Å². The number of carbonyl (C=O) groups excluding carboxylic acids is 1. The van der Waals surface area contributed by atoms with Crippen molar-refractivity contribution in [3.8, 4) is 5.75 Å². The Kier molecular flexibility index (Phi) is 4.42. The lowest BCUT2D eigenvalue weighted by molar-refractivity contribution is -0.131. The van der Waals surface area contributed by atoms with Crippen molar-refractivity contribution in [1.29, 1.82) is 0 Å². The summed E-state index contributed by atoms with van der Waals surface area (Å²) in [5, 5.41) is 9.25. The second-order valence-corrected chi connectivity index (χ2v) is 5.44. The van der Waals surface area contributed by atoms with Crippen molar-refractivity contribution >= 4 is 11.9 Å². The van der Waals surface area contributed by atoms with Gasteiger partial charge < -0.3 is 9.84 Å². The fourth-order valence-electron chi connectivity index (χ4n) is 2.90. The summed E-state index contributed by atoms with van der Waals surface area (Å²) in [6.45, 7) is 3.09. The largest absolute Gasteiger partial charge is 0.478 e. The third-order valence-electron chi connectivity index (χ3n) is 3.89. The number of rotatable bonds is 3. The molecule has 1 fully saturated rings. The van der Waals surface area contributed by atoms with Gasteiger partial charge in [0.1, 0.15) is 5.75 Å². The first-order chi connectivity index (χ1) is 9.49. The lowest BCUT2D eigenvalue weighted by atomic mass is 9.82. The minimum absolute atomic E-state index is 0.289. The molecule has 0 aliphatic heterocycles. The molecule has 0 aromatic heterocycles. The number of hydrogen-bond donors (Lipinski definition) is 1. The van der Waals surface area contributed by atoms with Crippen LogP contribution in [0.15, 0.2) is 12.1 Å². The maximum atomic E-state index is 11.3. The predicted molar refractivity (Wildman–Crippen MR) is 75.3 cm³/mol. The van der Waals surface area contributed by atoms with E-state index in [4.69, 9.17) is 4.74 Å². The van der Waals surface area contributed by atoms with Crippen molar-refractivity contribution in [3.05, 3.63) is 28.8 Å². The summed E-state index contributed by atoms with van der Waals surface area (Å²) in [4.78, 5) is 22.5. The molecule has 0 bridgehead atoms. The Morgan fingerprint density at radius 1 is 1.20 bits per heavy atom. The third kappa shape index (κ3) is 3.18. The monoisotopic (exact) mass is 276 g/mol. The summed E-state index contributed by atoms with van der Waals surface area (Å²) >= 11 is 0. The van der Waals surface area contributed by atoms with E-state index < -0.39 is 5.97 Å². The predicted octanol–water partition coefficient (Wildman–Crippen LogP) is 3.67. The Morgan fingerprint density at radius 2 is 1.85 bits per heavy atom. The number of ether oxygens (including phenoxy) is 1. The Balaban J connectivity index is 2.45. The van der Waals surface area contributed by atoms with Crippen molar-refractivity contribution in [2.45, 2.75) is 51.9 Å². The molecule has 0 saturated heterocycles. The van der Waals surface area contributed by atoms with Crippen LogP contribution in [0.5, 0.6) is 5.75 Å². The first kappa shape index (κ1) is 14.6. The first-order valence-corrected chi connectivity index (χ1v) is 7.05. The SMILES string of the molecule is CC(=O)Oc1cc(C)c(C(=O)O)cc1C1CCCCC1. The minimum Gasteiger partial charge on any atom is -0.478 e. The van der Waals surface area contributed by atoms with Gasteiger partial charge in [-0.3, -0.25) is 4.79 Å². The van der Waals surface area contributed by atoms with Crippen molar-refractivity contribution < 1.29 is 19.4 Å². The molecule has 0 heterocycles. The molecule has 0 amide bonds. The number of hydrogen-bond acceptors (Lipinski definition) is 3. The highest BCUT2D eigenvalue weighted by Gasteiger charge is 2.23. The molecule has 108 valence electrons. The molecule has 4 nitrogen and oxygen atoms in total. The molecule has 1 aromatic rings. The van der Waals surface area contributed by atoms with Crippen molar-refractivity contribution in [2.75, 3.05) is 0 Å². The number of aromatic carboxylic acids is 1. The summed E-state index contributed by atoms with van der Waals surface area (Å²) in [7, 11) is 0. The molecule has 4 heteroatoms. The standard InChI is InChI=1S/C16H20O4/c1-10-8-15(20-11(2)17)14(9-13(10)16(18)19)12-6-4-3-5-7-12/h8-9,12H,3-7H2,1-2H3,(H,18,19). The van der Waals surface area contributed by atoms with E-state index in [1.807, 2.05) is 0 Å². The van der Waals surface area contributed by atoms with E-state index in [0.717, 1.165) is 31.2 Å². The maximum absolute atomic E-state index is 11.3. The summed E-state index contributed by atoms with van der Waals surface area (Å²) < 4.78 is 5.28. The molecule has 2 rings (SSSR count). The van der Waals surface area contributed by atoms with E-state index in [9.17, 15) is 14.7 Å². The van der Waals surface area contributed by atoms with Crippen LogP contribution in [0.2, 0.25) is 0 Å². The molecule has 1 aromatic carbocycles. The van der Waals surface area contributed by atoms with Crippen LogP contribution in [0.1, 0.15) is 66.4 Å². The van der Waals surface area contributed by atoms with Gasteiger partial charge in [-0.1, -0.05) is 19.3 Å². The van der Waals surface area contributed by atoms with Gasteiger partial charge >= 0.3 is 11.9 Å². The molecular formula is C16H20O4. The van der Waals surface area contributed by atoms with E-state index in [1.54, 1.807) is 19.1 Å². The Labute approximate surface area is 118 Å². The Bertz CT molecular complexity index is 528.